The second kappa shape index (κ2) is 2.62. The van der Waals surface area contributed by atoms with Crippen molar-refractivity contribution in [1.82, 2.24) is 0 Å². The summed E-state index contributed by atoms with van der Waals surface area (Å²) in [4.78, 5) is 0. The zero-order chi connectivity index (χ0) is 7.61. The van der Waals surface area contributed by atoms with Crippen molar-refractivity contribution in [2.75, 3.05) is 13.2 Å². The molecule has 0 aromatic carbocycles. The molecular formula is C6H7F3O. The third kappa shape index (κ3) is 1.73. The molecule has 1 heterocycles. The molecule has 0 radical (unpaired) electrons. The molecule has 0 aromatic heterocycles. The van der Waals surface area contributed by atoms with Crippen LogP contribution in [0.15, 0.2) is 11.6 Å². The molecule has 0 atom stereocenters. The van der Waals surface area contributed by atoms with Crippen LogP contribution in [-0.4, -0.2) is 19.4 Å². The Morgan fingerprint density at radius 3 is 2.40 bits per heavy atom. The van der Waals surface area contributed by atoms with Crippen molar-refractivity contribution in [2.24, 2.45) is 0 Å². The Morgan fingerprint density at radius 2 is 2.10 bits per heavy atom. The van der Waals surface area contributed by atoms with E-state index in [-0.39, 0.29) is 19.6 Å². The third-order valence-corrected chi connectivity index (χ3v) is 1.33. The van der Waals surface area contributed by atoms with Gasteiger partial charge >= 0.3 is 6.18 Å². The number of alkyl halides is 3. The Hall–Kier alpha value is -0.510. The lowest BCUT2D eigenvalue weighted by Gasteiger charge is -2.15. The molecule has 0 saturated heterocycles. The normalized spacial score (nSPS) is 20.5. The summed E-state index contributed by atoms with van der Waals surface area (Å²) in [6, 6.07) is 0. The van der Waals surface area contributed by atoms with Gasteiger partial charge in [-0.1, -0.05) is 6.08 Å². The van der Waals surface area contributed by atoms with Gasteiger partial charge in [0.05, 0.1) is 13.2 Å². The van der Waals surface area contributed by atoms with Crippen LogP contribution in [0, 0.1) is 0 Å². The average Bonchev–Trinajstić information content (AvgIpc) is 1.88. The van der Waals surface area contributed by atoms with Crippen LogP contribution < -0.4 is 0 Å². The van der Waals surface area contributed by atoms with E-state index >= 15 is 0 Å². The molecular weight excluding hydrogens is 145 g/mol. The van der Waals surface area contributed by atoms with Gasteiger partial charge in [0.15, 0.2) is 0 Å². The smallest absolute Gasteiger partial charge is 0.377 e. The molecule has 0 N–H and O–H groups in total. The molecule has 58 valence electrons. The Morgan fingerprint density at radius 1 is 1.40 bits per heavy atom. The van der Waals surface area contributed by atoms with E-state index < -0.39 is 11.7 Å². The van der Waals surface area contributed by atoms with Crippen molar-refractivity contribution in [3.63, 3.8) is 0 Å². The maximum absolute atomic E-state index is 11.8. The molecule has 1 aliphatic heterocycles. The van der Waals surface area contributed by atoms with Crippen molar-refractivity contribution >= 4 is 0 Å². The van der Waals surface area contributed by atoms with Crippen LogP contribution in [0.25, 0.3) is 0 Å². The molecule has 0 aliphatic carbocycles. The first kappa shape index (κ1) is 7.60. The van der Waals surface area contributed by atoms with E-state index in [1.165, 1.54) is 0 Å². The second-order valence-corrected chi connectivity index (χ2v) is 2.05. The average molecular weight is 152 g/mol. The van der Waals surface area contributed by atoms with Crippen LogP contribution in [0.2, 0.25) is 0 Å². The van der Waals surface area contributed by atoms with Crippen LogP contribution in [-0.2, 0) is 4.74 Å². The number of rotatable bonds is 0. The number of ether oxygens (including phenoxy) is 1. The van der Waals surface area contributed by atoms with E-state index in [9.17, 15) is 13.2 Å². The quantitative estimate of drug-likeness (QED) is 0.481. The summed E-state index contributed by atoms with van der Waals surface area (Å²) in [6.45, 7) is 0.278. The van der Waals surface area contributed by atoms with E-state index in [4.69, 9.17) is 4.74 Å². The van der Waals surface area contributed by atoms with Crippen LogP contribution in [0.3, 0.4) is 0 Å². The molecule has 0 aromatic rings. The third-order valence-electron chi connectivity index (χ3n) is 1.33. The summed E-state index contributed by atoms with van der Waals surface area (Å²) in [5, 5.41) is 0. The predicted octanol–water partition coefficient (Wildman–Crippen LogP) is 1.90. The Kier molecular flexibility index (Phi) is 1.99. The Labute approximate surface area is 56.5 Å². The summed E-state index contributed by atoms with van der Waals surface area (Å²) in [5.74, 6) is 0. The van der Waals surface area contributed by atoms with Gasteiger partial charge in [0.2, 0.25) is 0 Å². The van der Waals surface area contributed by atoms with Crippen molar-refractivity contribution < 1.29 is 17.9 Å². The van der Waals surface area contributed by atoms with Crippen molar-refractivity contribution in [3.05, 3.63) is 11.6 Å². The first-order valence-electron chi connectivity index (χ1n) is 2.94. The first-order chi connectivity index (χ1) is 4.61. The molecule has 0 bridgehead atoms. The van der Waals surface area contributed by atoms with Crippen molar-refractivity contribution in [3.8, 4) is 0 Å². The summed E-state index contributed by atoms with van der Waals surface area (Å²) >= 11 is 0. The number of hydrogen-bond donors (Lipinski definition) is 0. The van der Waals surface area contributed by atoms with Gasteiger partial charge in [0.25, 0.3) is 0 Å². The fourth-order valence-corrected chi connectivity index (χ4v) is 0.785. The van der Waals surface area contributed by atoms with Gasteiger partial charge in [-0.3, -0.25) is 0 Å². The summed E-state index contributed by atoms with van der Waals surface area (Å²) in [7, 11) is 0. The van der Waals surface area contributed by atoms with Gasteiger partial charge in [-0.2, -0.15) is 13.2 Å². The van der Waals surface area contributed by atoms with Crippen LogP contribution in [0.1, 0.15) is 6.42 Å². The van der Waals surface area contributed by atoms with E-state index in [2.05, 4.69) is 0 Å². The molecule has 0 spiro atoms. The topological polar surface area (TPSA) is 9.23 Å². The standard InChI is InChI=1S/C6H7F3O/c7-6(8,9)5-1-3-10-4-2-5/h1H,2-4H2. The lowest BCUT2D eigenvalue weighted by Crippen LogP contribution is -2.17. The highest BCUT2D eigenvalue weighted by Gasteiger charge is 2.33. The Balaban J connectivity index is 2.62. The van der Waals surface area contributed by atoms with Crippen LogP contribution in [0.5, 0.6) is 0 Å². The monoisotopic (exact) mass is 152 g/mol. The van der Waals surface area contributed by atoms with Gasteiger partial charge in [-0.15, -0.1) is 0 Å². The van der Waals surface area contributed by atoms with Gasteiger partial charge in [-0.25, -0.2) is 0 Å². The van der Waals surface area contributed by atoms with Crippen molar-refractivity contribution in [2.45, 2.75) is 12.6 Å². The highest BCUT2D eigenvalue weighted by atomic mass is 19.4. The highest BCUT2D eigenvalue weighted by molar-refractivity contribution is 5.10. The number of halogens is 3. The highest BCUT2D eigenvalue weighted by Crippen LogP contribution is 2.29. The lowest BCUT2D eigenvalue weighted by atomic mass is 10.1. The molecule has 1 nitrogen and oxygen atoms in total. The molecule has 0 amide bonds. The maximum atomic E-state index is 11.8. The minimum atomic E-state index is -4.15. The van der Waals surface area contributed by atoms with Crippen LogP contribution in [0.4, 0.5) is 13.2 Å². The fourth-order valence-electron chi connectivity index (χ4n) is 0.785. The van der Waals surface area contributed by atoms with Gasteiger partial charge < -0.3 is 4.74 Å². The van der Waals surface area contributed by atoms with E-state index in [0.29, 0.717) is 0 Å². The zero-order valence-electron chi connectivity index (χ0n) is 5.24. The van der Waals surface area contributed by atoms with E-state index in [1.807, 2.05) is 0 Å². The maximum Gasteiger partial charge on any atom is 0.412 e. The van der Waals surface area contributed by atoms with Gasteiger partial charge in [-0.05, 0) is 0 Å². The summed E-state index contributed by atoms with van der Waals surface area (Å²) < 4.78 is 40.2. The SMILES string of the molecule is FC(F)(F)C1=CCOCC1. The van der Waals surface area contributed by atoms with Gasteiger partial charge in [0.1, 0.15) is 0 Å². The minimum Gasteiger partial charge on any atom is -0.377 e. The van der Waals surface area contributed by atoms with Gasteiger partial charge in [0, 0.05) is 12.0 Å². The summed E-state index contributed by atoms with van der Waals surface area (Å²) in [5.41, 5.74) is -0.459. The predicted molar refractivity (Wildman–Crippen MR) is 29.6 cm³/mol. The van der Waals surface area contributed by atoms with Crippen molar-refractivity contribution in [1.29, 1.82) is 0 Å². The fraction of sp³-hybridized carbons (Fsp3) is 0.667. The minimum absolute atomic E-state index is 0.0104. The van der Waals surface area contributed by atoms with E-state index in [0.717, 1.165) is 6.08 Å². The number of hydrogen-bond acceptors (Lipinski definition) is 1. The Bertz CT molecular complexity index is 148. The van der Waals surface area contributed by atoms with Crippen LogP contribution >= 0.6 is 0 Å². The molecule has 0 saturated carbocycles. The first-order valence-corrected chi connectivity index (χ1v) is 2.94. The largest absolute Gasteiger partial charge is 0.412 e. The lowest BCUT2D eigenvalue weighted by molar-refractivity contribution is -0.0983. The molecule has 1 aliphatic rings. The molecule has 10 heavy (non-hydrogen) atoms. The molecule has 1 rings (SSSR count). The zero-order valence-corrected chi connectivity index (χ0v) is 5.24. The van der Waals surface area contributed by atoms with E-state index in [1.54, 1.807) is 0 Å². The molecule has 4 heteroatoms. The summed E-state index contributed by atoms with van der Waals surface area (Å²) in [6.07, 6.45) is -3.07. The second-order valence-electron chi connectivity index (χ2n) is 2.05. The molecule has 0 fully saturated rings. The molecule has 0 unspecified atom stereocenters.